The first kappa shape index (κ1) is 17.1. The number of aliphatic hydroxyl groups is 1. The molecule has 6 nitrogen and oxygen atoms in total. The van der Waals surface area contributed by atoms with Crippen LogP contribution in [-0.2, 0) is 18.9 Å². The van der Waals surface area contributed by atoms with Crippen molar-refractivity contribution < 1.29 is 24.1 Å². The minimum atomic E-state index is -0.476. The Bertz CT molecular complexity index is 296. The second-order valence-corrected chi connectivity index (χ2v) is 5.86. The summed E-state index contributed by atoms with van der Waals surface area (Å²) in [6.45, 7) is 4.39. The third-order valence-corrected chi connectivity index (χ3v) is 4.44. The summed E-state index contributed by atoms with van der Waals surface area (Å²) in [6.07, 6.45) is 2.84. The molecule has 2 rings (SSSR count). The molecule has 6 heteroatoms. The van der Waals surface area contributed by atoms with Crippen LogP contribution in [0.3, 0.4) is 0 Å². The molecule has 0 radical (unpaired) electrons. The molecule has 2 fully saturated rings. The lowest BCUT2D eigenvalue weighted by Gasteiger charge is -2.44. The maximum absolute atomic E-state index is 10.4. The minimum absolute atomic E-state index is 0.0591. The summed E-state index contributed by atoms with van der Waals surface area (Å²) in [7, 11) is 3.42. The Morgan fingerprint density at radius 2 is 1.86 bits per heavy atom. The van der Waals surface area contributed by atoms with E-state index in [-0.39, 0.29) is 12.1 Å². The quantitative estimate of drug-likeness (QED) is 0.664. The second-order valence-electron chi connectivity index (χ2n) is 5.86. The summed E-state index contributed by atoms with van der Waals surface area (Å²) in [4.78, 5) is 2.29. The number of aliphatic hydroxyl groups excluding tert-OH is 1. The molecule has 1 aliphatic heterocycles. The smallest absolute Gasteiger partial charge is 0.170 e. The molecule has 1 saturated carbocycles. The van der Waals surface area contributed by atoms with E-state index >= 15 is 0 Å². The minimum Gasteiger partial charge on any atom is -0.391 e. The average molecular weight is 303 g/mol. The van der Waals surface area contributed by atoms with E-state index in [1.54, 1.807) is 14.2 Å². The van der Waals surface area contributed by atoms with Gasteiger partial charge in [-0.2, -0.15) is 0 Å². The topological polar surface area (TPSA) is 60.4 Å². The first-order chi connectivity index (χ1) is 10.2. The van der Waals surface area contributed by atoms with Crippen molar-refractivity contribution in [3.05, 3.63) is 0 Å². The molecule has 0 aromatic heterocycles. The summed E-state index contributed by atoms with van der Waals surface area (Å²) in [5, 5.41) is 10.4. The number of rotatable bonds is 8. The van der Waals surface area contributed by atoms with E-state index in [0.717, 1.165) is 45.4 Å². The summed E-state index contributed by atoms with van der Waals surface area (Å²) in [5.74, 6) is -0.476. The molecule has 2 aliphatic rings. The zero-order valence-electron chi connectivity index (χ0n) is 13.3. The van der Waals surface area contributed by atoms with E-state index in [9.17, 15) is 5.11 Å². The molecule has 0 amide bonds. The summed E-state index contributed by atoms with van der Waals surface area (Å²) >= 11 is 0. The molecular weight excluding hydrogens is 274 g/mol. The van der Waals surface area contributed by atoms with Gasteiger partial charge in [-0.05, 0) is 12.8 Å². The normalized spacial score (nSPS) is 28.6. The van der Waals surface area contributed by atoms with Crippen LogP contribution in [0.15, 0.2) is 0 Å². The van der Waals surface area contributed by atoms with Crippen LogP contribution in [0.5, 0.6) is 0 Å². The number of methoxy groups -OCH3 is 2. The summed E-state index contributed by atoms with van der Waals surface area (Å²) in [6, 6.07) is 0.0591. The molecule has 1 aliphatic carbocycles. The molecule has 1 heterocycles. The molecule has 1 spiro atoms. The largest absolute Gasteiger partial charge is 0.391 e. The van der Waals surface area contributed by atoms with E-state index < -0.39 is 5.79 Å². The van der Waals surface area contributed by atoms with Crippen molar-refractivity contribution in [2.45, 2.75) is 43.6 Å². The second kappa shape index (κ2) is 8.41. The lowest BCUT2D eigenvalue weighted by molar-refractivity contribution is -0.205. The van der Waals surface area contributed by atoms with Crippen molar-refractivity contribution in [2.75, 3.05) is 53.7 Å². The number of ether oxygens (including phenoxy) is 4. The number of hydrogen-bond donors (Lipinski definition) is 1. The zero-order valence-corrected chi connectivity index (χ0v) is 13.3. The van der Waals surface area contributed by atoms with E-state index in [0.29, 0.717) is 19.8 Å². The zero-order chi connectivity index (χ0) is 15.1. The van der Waals surface area contributed by atoms with Crippen molar-refractivity contribution >= 4 is 0 Å². The predicted molar refractivity (Wildman–Crippen MR) is 78.2 cm³/mol. The highest BCUT2D eigenvalue weighted by molar-refractivity contribution is 4.93. The molecule has 0 bridgehead atoms. The van der Waals surface area contributed by atoms with E-state index in [1.165, 1.54) is 0 Å². The Morgan fingerprint density at radius 1 is 1.14 bits per heavy atom. The van der Waals surface area contributed by atoms with Crippen molar-refractivity contribution in [3.63, 3.8) is 0 Å². The Kier molecular flexibility index (Phi) is 6.85. The van der Waals surface area contributed by atoms with E-state index in [1.807, 2.05) is 0 Å². The monoisotopic (exact) mass is 303 g/mol. The van der Waals surface area contributed by atoms with Crippen LogP contribution in [-0.4, -0.2) is 81.7 Å². The van der Waals surface area contributed by atoms with Gasteiger partial charge in [0.15, 0.2) is 5.79 Å². The fourth-order valence-corrected chi connectivity index (χ4v) is 3.31. The van der Waals surface area contributed by atoms with Crippen LogP contribution in [0, 0.1) is 0 Å². The van der Waals surface area contributed by atoms with Gasteiger partial charge in [-0.1, -0.05) is 0 Å². The maximum atomic E-state index is 10.4. The van der Waals surface area contributed by atoms with Gasteiger partial charge >= 0.3 is 0 Å². The fourth-order valence-electron chi connectivity index (χ4n) is 3.31. The van der Waals surface area contributed by atoms with Gasteiger partial charge in [0.1, 0.15) is 0 Å². The third-order valence-electron chi connectivity index (χ3n) is 4.44. The van der Waals surface area contributed by atoms with Gasteiger partial charge < -0.3 is 24.1 Å². The molecule has 124 valence electrons. The predicted octanol–water partition coefficient (Wildman–Crippen LogP) is 0.628. The van der Waals surface area contributed by atoms with Crippen LogP contribution in [0.25, 0.3) is 0 Å². The lowest BCUT2D eigenvalue weighted by Crippen LogP contribution is -2.54. The van der Waals surface area contributed by atoms with Gasteiger partial charge in [0.05, 0.1) is 25.9 Å². The highest BCUT2D eigenvalue weighted by Gasteiger charge is 2.46. The van der Waals surface area contributed by atoms with Crippen molar-refractivity contribution in [3.8, 4) is 0 Å². The standard InChI is InChI=1S/C15H29NO5/c1-18-8-3-6-16(7-9-19-2)13-12-15(5-4-14(13)17)20-10-11-21-15/h13-14,17H,3-12H2,1-2H3. The molecule has 1 N–H and O–H groups in total. The first-order valence-corrected chi connectivity index (χ1v) is 7.89. The van der Waals surface area contributed by atoms with E-state index in [2.05, 4.69) is 4.90 Å². The van der Waals surface area contributed by atoms with E-state index in [4.69, 9.17) is 18.9 Å². The fraction of sp³-hybridized carbons (Fsp3) is 1.00. The Labute approximate surface area is 127 Å². The Balaban J connectivity index is 1.96. The maximum Gasteiger partial charge on any atom is 0.170 e. The Morgan fingerprint density at radius 3 is 2.52 bits per heavy atom. The lowest BCUT2D eigenvalue weighted by atomic mass is 9.86. The van der Waals surface area contributed by atoms with Crippen LogP contribution in [0.1, 0.15) is 25.7 Å². The van der Waals surface area contributed by atoms with Crippen LogP contribution in [0.2, 0.25) is 0 Å². The van der Waals surface area contributed by atoms with Crippen LogP contribution in [0.4, 0.5) is 0 Å². The molecule has 2 atom stereocenters. The molecule has 0 aromatic carbocycles. The highest BCUT2D eigenvalue weighted by Crippen LogP contribution is 2.37. The average Bonchev–Trinajstić information content (AvgIpc) is 2.94. The molecule has 2 unspecified atom stereocenters. The molecule has 21 heavy (non-hydrogen) atoms. The van der Waals surface area contributed by atoms with Gasteiger partial charge in [0, 0.05) is 52.8 Å². The van der Waals surface area contributed by atoms with Gasteiger partial charge in [0.25, 0.3) is 0 Å². The van der Waals surface area contributed by atoms with Gasteiger partial charge in [0.2, 0.25) is 0 Å². The molecular formula is C15H29NO5. The third kappa shape index (κ3) is 4.61. The Hall–Kier alpha value is -0.240. The highest BCUT2D eigenvalue weighted by atomic mass is 16.7. The SMILES string of the molecule is COCCCN(CCOC)C1CC2(CCC1O)OCCO2. The molecule has 0 aromatic rings. The van der Waals surface area contributed by atoms with Crippen LogP contribution < -0.4 is 0 Å². The number of nitrogens with zero attached hydrogens (tertiary/aromatic N) is 1. The van der Waals surface area contributed by atoms with Crippen molar-refractivity contribution in [2.24, 2.45) is 0 Å². The summed E-state index contributed by atoms with van der Waals surface area (Å²) in [5.41, 5.74) is 0. The van der Waals surface area contributed by atoms with Gasteiger partial charge in [-0.25, -0.2) is 0 Å². The number of hydrogen-bond acceptors (Lipinski definition) is 6. The van der Waals surface area contributed by atoms with Crippen molar-refractivity contribution in [1.29, 1.82) is 0 Å². The first-order valence-electron chi connectivity index (χ1n) is 7.89. The van der Waals surface area contributed by atoms with Crippen LogP contribution >= 0.6 is 0 Å². The van der Waals surface area contributed by atoms with Gasteiger partial charge in [-0.3, -0.25) is 4.90 Å². The summed E-state index contributed by atoms with van der Waals surface area (Å²) < 4.78 is 22.0. The van der Waals surface area contributed by atoms with Gasteiger partial charge in [-0.15, -0.1) is 0 Å². The molecule has 1 saturated heterocycles. The van der Waals surface area contributed by atoms with Crippen molar-refractivity contribution in [1.82, 2.24) is 4.90 Å².